The van der Waals surface area contributed by atoms with Gasteiger partial charge in [-0.1, -0.05) is 29.3 Å². The summed E-state index contributed by atoms with van der Waals surface area (Å²) < 4.78 is 11.9. The molecule has 1 aromatic heterocycles. The molecular formula is C27H31NO4. The van der Waals surface area contributed by atoms with E-state index < -0.39 is 5.63 Å². The van der Waals surface area contributed by atoms with Crippen molar-refractivity contribution in [2.24, 2.45) is 0 Å². The average molecular weight is 434 g/mol. The summed E-state index contributed by atoms with van der Waals surface area (Å²) in [4.78, 5) is 27.6. The summed E-state index contributed by atoms with van der Waals surface area (Å²) in [5.74, 6) is 0.759. The number of ketones is 1. The maximum absolute atomic E-state index is 12.7. The molecule has 1 fully saturated rings. The van der Waals surface area contributed by atoms with E-state index in [1.54, 1.807) is 6.07 Å². The van der Waals surface area contributed by atoms with Crippen LogP contribution in [0.1, 0.15) is 40.7 Å². The van der Waals surface area contributed by atoms with E-state index in [0.29, 0.717) is 17.6 Å². The van der Waals surface area contributed by atoms with Crippen LogP contribution in [0.3, 0.4) is 0 Å². The average Bonchev–Trinajstić information content (AvgIpc) is 2.72. The lowest BCUT2D eigenvalue weighted by molar-refractivity contribution is -0.117. The number of fused-ring (bicyclic) bond motifs is 1. The van der Waals surface area contributed by atoms with Gasteiger partial charge >= 0.3 is 5.63 Å². The second-order valence-corrected chi connectivity index (χ2v) is 9.17. The number of hydrogen-bond acceptors (Lipinski definition) is 5. The minimum absolute atomic E-state index is 0.000548. The van der Waals surface area contributed by atoms with Crippen molar-refractivity contribution in [1.29, 1.82) is 0 Å². The number of aryl methyl sites for hydroxylation is 3. The van der Waals surface area contributed by atoms with Gasteiger partial charge in [0.2, 0.25) is 0 Å². The van der Waals surface area contributed by atoms with Crippen LogP contribution in [-0.2, 0) is 17.6 Å². The van der Waals surface area contributed by atoms with Crippen molar-refractivity contribution in [2.75, 3.05) is 20.1 Å². The third-order valence-corrected chi connectivity index (χ3v) is 6.20. The number of hydrogen-bond donors (Lipinski definition) is 0. The third-order valence-electron chi connectivity index (χ3n) is 6.20. The van der Waals surface area contributed by atoms with Gasteiger partial charge in [-0.3, -0.25) is 4.79 Å². The zero-order valence-electron chi connectivity index (χ0n) is 19.4. The second kappa shape index (κ2) is 9.29. The zero-order chi connectivity index (χ0) is 22.8. The Labute approximate surface area is 189 Å². The molecule has 0 bridgehead atoms. The molecule has 2 heterocycles. The maximum atomic E-state index is 12.7. The highest BCUT2D eigenvalue weighted by molar-refractivity contribution is 5.86. The number of likely N-dealkylation sites (tertiary alicyclic amines) is 1. The minimum Gasteiger partial charge on any atom is -0.490 e. The number of carbonyl (C=O) groups is 1. The van der Waals surface area contributed by atoms with Gasteiger partial charge in [0.1, 0.15) is 23.2 Å². The maximum Gasteiger partial charge on any atom is 0.339 e. The lowest BCUT2D eigenvalue weighted by Crippen LogP contribution is -2.35. The molecule has 5 nitrogen and oxygen atoms in total. The molecular weight excluding hydrogens is 402 g/mol. The third kappa shape index (κ3) is 5.10. The van der Waals surface area contributed by atoms with E-state index >= 15 is 0 Å². The molecule has 0 spiro atoms. The van der Waals surface area contributed by atoms with Crippen LogP contribution < -0.4 is 10.4 Å². The molecule has 1 aliphatic heterocycles. The fraction of sp³-hybridized carbons (Fsp3) is 0.407. The number of benzene rings is 2. The molecule has 1 aliphatic rings. The summed E-state index contributed by atoms with van der Waals surface area (Å²) in [6, 6.07) is 11.8. The first-order valence-corrected chi connectivity index (χ1v) is 11.3. The van der Waals surface area contributed by atoms with Crippen molar-refractivity contribution in [3.8, 4) is 5.75 Å². The fourth-order valence-electron chi connectivity index (χ4n) is 4.56. The summed E-state index contributed by atoms with van der Waals surface area (Å²) in [5, 5.41) is 0.812. The lowest BCUT2D eigenvalue weighted by atomic mass is 9.99. The van der Waals surface area contributed by atoms with Crippen molar-refractivity contribution in [2.45, 2.75) is 52.6 Å². The number of carbonyl (C=O) groups excluding carboxylic acids is 1. The van der Waals surface area contributed by atoms with Crippen molar-refractivity contribution < 1.29 is 13.9 Å². The Bertz CT molecular complexity index is 1180. The Morgan fingerprint density at radius 1 is 1.03 bits per heavy atom. The van der Waals surface area contributed by atoms with Crippen LogP contribution in [0, 0.1) is 20.8 Å². The Morgan fingerprint density at radius 2 is 1.72 bits per heavy atom. The first-order valence-electron chi connectivity index (χ1n) is 11.3. The molecule has 0 aliphatic carbocycles. The molecule has 0 unspecified atom stereocenters. The van der Waals surface area contributed by atoms with Gasteiger partial charge in [0.15, 0.2) is 0 Å². The second-order valence-electron chi connectivity index (χ2n) is 9.17. The topological polar surface area (TPSA) is 59.8 Å². The first-order chi connectivity index (χ1) is 15.3. The Hall–Kier alpha value is -2.92. The highest BCUT2D eigenvalue weighted by atomic mass is 16.5. The van der Waals surface area contributed by atoms with E-state index in [0.717, 1.165) is 59.3 Å². The largest absolute Gasteiger partial charge is 0.490 e. The van der Waals surface area contributed by atoms with Gasteiger partial charge < -0.3 is 14.1 Å². The molecule has 2 aromatic carbocycles. The van der Waals surface area contributed by atoms with E-state index in [9.17, 15) is 9.59 Å². The van der Waals surface area contributed by atoms with Gasteiger partial charge in [-0.25, -0.2) is 4.79 Å². The van der Waals surface area contributed by atoms with Crippen LogP contribution in [0.25, 0.3) is 11.0 Å². The lowest BCUT2D eigenvalue weighted by Gasteiger charge is -2.29. The van der Waals surface area contributed by atoms with Gasteiger partial charge in [0.25, 0.3) is 0 Å². The molecule has 0 saturated carbocycles. The van der Waals surface area contributed by atoms with Gasteiger partial charge in [0.05, 0.1) is 0 Å². The summed E-state index contributed by atoms with van der Waals surface area (Å²) in [7, 11) is 2.12. The molecule has 0 atom stereocenters. The van der Waals surface area contributed by atoms with Crippen molar-refractivity contribution >= 4 is 16.8 Å². The highest BCUT2D eigenvalue weighted by Gasteiger charge is 2.20. The van der Waals surface area contributed by atoms with E-state index in [4.69, 9.17) is 9.15 Å². The molecule has 32 heavy (non-hydrogen) atoms. The minimum atomic E-state index is -0.453. The summed E-state index contributed by atoms with van der Waals surface area (Å²) in [6.45, 7) is 8.00. The Balaban J connectivity index is 1.52. The monoisotopic (exact) mass is 433 g/mol. The van der Waals surface area contributed by atoms with Gasteiger partial charge in [0, 0.05) is 42.4 Å². The Morgan fingerprint density at radius 3 is 2.41 bits per heavy atom. The van der Waals surface area contributed by atoms with Gasteiger partial charge in [-0.2, -0.15) is 0 Å². The van der Waals surface area contributed by atoms with Crippen molar-refractivity contribution in [1.82, 2.24) is 4.90 Å². The molecule has 0 amide bonds. The van der Waals surface area contributed by atoms with E-state index in [-0.39, 0.29) is 18.3 Å². The molecule has 0 N–H and O–H groups in total. The highest BCUT2D eigenvalue weighted by Crippen LogP contribution is 2.29. The summed E-state index contributed by atoms with van der Waals surface area (Å²) >= 11 is 0. The van der Waals surface area contributed by atoms with E-state index in [1.807, 2.05) is 45.0 Å². The van der Waals surface area contributed by atoms with Crippen LogP contribution in [-0.4, -0.2) is 36.9 Å². The molecule has 4 rings (SSSR count). The molecule has 3 aromatic rings. The van der Waals surface area contributed by atoms with Crippen LogP contribution in [0.15, 0.2) is 45.6 Å². The van der Waals surface area contributed by atoms with Crippen LogP contribution >= 0.6 is 0 Å². The van der Waals surface area contributed by atoms with Crippen molar-refractivity contribution in [3.63, 3.8) is 0 Å². The number of Topliss-reactive ketones (excluding diaryl/α,β-unsaturated/α-hetero) is 1. The normalized spacial score (nSPS) is 15.2. The number of nitrogens with zero attached hydrogens (tertiary/aromatic N) is 1. The fourth-order valence-corrected chi connectivity index (χ4v) is 4.56. The summed E-state index contributed by atoms with van der Waals surface area (Å²) in [5.41, 5.74) is 4.54. The predicted molar refractivity (Wildman–Crippen MR) is 127 cm³/mol. The molecule has 1 saturated heterocycles. The molecule has 5 heteroatoms. The van der Waals surface area contributed by atoms with E-state index in [1.165, 1.54) is 0 Å². The predicted octanol–water partition coefficient (Wildman–Crippen LogP) is 4.55. The summed E-state index contributed by atoms with van der Waals surface area (Å²) in [6.07, 6.45) is 2.52. The van der Waals surface area contributed by atoms with Crippen LogP contribution in [0.5, 0.6) is 5.75 Å². The molecule has 168 valence electrons. The van der Waals surface area contributed by atoms with Crippen LogP contribution in [0.2, 0.25) is 0 Å². The standard InChI is InChI=1S/C27H31NO4/c1-17-11-18(2)13-20(12-17)14-23(29)16-22-15-21-5-6-25(19(3)26(21)32-27(22)30)31-24-7-9-28(4)10-8-24/h5-6,11-13,15,24H,7-10,14,16H2,1-4H3. The smallest absolute Gasteiger partial charge is 0.339 e. The number of ether oxygens (including phenoxy) is 1. The Kier molecular flexibility index (Phi) is 6.47. The number of rotatable bonds is 6. The first kappa shape index (κ1) is 22.3. The SMILES string of the molecule is Cc1cc(C)cc(CC(=O)Cc2cc3ccc(OC4CCN(C)CC4)c(C)c3oc2=O)c1. The zero-order valence-corrected chi connectivity index (χ0v) is 19.4. The van der Waals surface area contributed by atoms with Crippen LogP contribution in [0.4, 0.5) is 0 Å². The molecule has 0 radical (unpaired) electrons. The van der Waals surface area contributed by atoms with Gasteiger partial charge in [-0.05, 0) is 64.4 Å². The van der Waals surface area contributed by atoms with Gasteiger partial charge in [-0.15, -0.1) is 0 Å². The quantitative estimate of drug-likeness (QED) is 0.534. The van der Waals surface area contributed by atoms with E-state index in [2.05, 4.69) is 18.0 Å². The number of piperidine rings is 1. The van der Waals surface area contributed by atoms with Crippen molar-refractivity contribution in [3.05, 3.63) is 74.6 Å².